The minimum atomic E-state index is 0.392. The maximum Gasteiger partial charge on any atom is 0.323 e. The molecule has 1 aliphatic rings. The van der Waals surface area contributed by atoms with Crippen LogP contribution in [0.5, 0.6) is 6.01 Å². The molecule has 1 heterocycles. The number of aromatic nitrogens is 3. The Hall–Kier alpha value is -1.59. The molecule has 1 aliphatic carbocycles. The number of ether oxygens (including phenoxy) is 1. The molecule has 0 aromatic carbocycles. The van der Waals surface area contributed by atoms with E-state index in [0.29, 0.717) is 35.8 Å². The normalized spacial score (nSPS) is 19.1. The summed E-state index contributed by atoms with van der Waals surface area (Å²) in [5.74, 6) is 1.87. The highest BCUT2D eigenvalue weighted by Gasteiger charge is 2.45. The van der Waals surface area contributed by atoms with Crippen molar-refractivity contribution in [1.82, 2.24) is 15.0 Å². The molecule has 2 rings (SSSR count). The second-order valence-corrected chi connectivity index (χ2v) is 6.31. The SMILES string of the molecule is CCCNc1nc(NCC2CC2(C)C)nc(OCCC)n1. The third-order valence-electron chi connectivity index (χ3n) is 3.81. The lowest BCUT2D eigenvalue weighted by molar-refractivity contribution is 0.292. The minimum Gasteiger partial charge on any atom is -0.463 e. The first-order valence-corrected chi connectivity index (χ1v) is 7.91. The molecule has 1 unspecified atom stereocenters. The van der Waals surface area contributed by atoms with Gasteiger partial charge in [0.15, 0.2) is 0 Å². The van der Waals surface area contributed by atoms with Crippen LogP contribution in [0.4, 0.5) is 11.9 Å². The van der Waals surface area contributed by atoms with Crippen LogP contribution in [-0.4, -0.2) is 34.6 Å². The van der Waals surface area contributed by atoms with Gasteiger partial charge in [0, 0.05) is 13.1 Å². The average molecular weight is 293 g/mol. The fourth-order valence-corrected chi connectivity index (χ4v) is 2.15. The molecule has 118 valence electrons. The number of rotatable bonds is 9. The minimum absolute atomic E-state index is 0.392. The van der Waals surface area contributed by atoms with Gasteiger partial charge in [-0.25, -0.2) is 0 Å². The smallest absolute Gasteiger partial charge is 0.323 e. The fraction of sp³-hybridized carbons (Fsp3) is 0.800. The fourth-order valence-electron chi connectivity index (χ4n) is 2.15. The molecule has 6 heteroatoms. The standard InChI is InChI=1S/C15H27N5O/c1-5-7-16-12-18-13(17-10-11-9-15(11,3)4)20-14(19-12)21-8-6-2/h11H,5-10H2,1-4H3,(H2,16,17,18,19,20). The molecule has 1 saturated carbocycles. The van der Waals surface area contributed by atoms with E-state index in [1.54, 1.807) is 0 Å². The number of nitrogens with zero attached hydrogens (tertiary/aromatic N) is 3. The Balaban J connectivity index is 1.99. The van der Waals surface area contributed by atoms with Gasteiger partial charge in [-0.15, -0.1) is 0 Å². The van der Waals surface area contributed by atoms with Gasteiger partial charge in [-0.2, -0.15) is 15.0 Å². The second-order valence-electron chi connectivity index (χ2n) is 6.31. The van der Waals surface area contributed by atoms with Crippen molar-refractivity contribution in [2.24, 2.45) is 11.3 Å². The van der Waals surface area contributed by atoms with Crippen molar-refractivity contribution in [3.63, 3.8) is 0 Å². The average Bonchev–Trinajstić information content (AvgIpc) is 3.08. The monoisotopic (exact) mass is 293 g/mol. The molecule has 6 nitrogen and oxygen atoms in total. The summed E-state index contributed by atoms with van der Waals surface area (Å²) in [4.78, 5) is 13.0. The van der Waals surface area contributed by atoms with Gasteiger partial charge in [0.2, 0.25) is 11.9 Å². The third-order valence-corrected chi connectivity index (χ3v) is 3.81. The Morgan fingerprint density at radius 2 is 1.76 bits per heavy atom. The number of nitrogens with one attached hydrogen (secondary N) is 2. The summed E-state index contributed by atoms with van der Waals surface area (Å²) in [7, 11) is 0. The molecule has 0 bridgehead atoms. The summed E-state index contributed by atoms with van der Waals surface area (Å²) >= 11 is 0. The molecule has 1 aromatic heterocycles. The number of hydrogen-bond donors (Lipinski definition) is 2. The van der Waals surface area contributed by atoms with E-state index in [-0.39, 0.29) is 0 Å². The summed E-state index contributed by atoms with van der Waals surface area (Å²) < 4.78 is 5.54. The molecule has 2 N–H and O–H groups in total. The van der Waals surface area contributed by atoms with Gasteiger partial charge in [0.05, 0.1) is 6.61 Å². The Kier molecular flexibility index (Phi) is 5.20. The van der Waals surface area contributed by atoms with E-state index in [2.05, 4.69) is 53.3 Å². The summed E-state index contributed by atoms with van der Waals surface area (Å²) in [5, 5.41) is 6.50. The van der Waals surface area contributed by atoms with Crippen LogP contribution in [0.15, 0.2) is 0 Å². The van der Waals surface area contributed by atoms with Crippen LogP contribution in [0.1, 0.15) is 47.0 Å². The van der Waals surface area contributed by atoms with Gasteiger partial charge in [-0.05, 0) is 30.6 Å². The Morgan fingerprint density at radius 3 is 2.33 bits per heavy atom. The van der Waals surface area contributed by atoms with Crippen LogP contribution in [-0.2, 0) is 0 Å². The van der Waals surface area contributed by atoms with Crippen molar-refractivity contribution in [2.45, 2.75) is 47.0 Å². The zero-order valence-electron chi connectivity index (χ0n) is 13.6. The molecule has 1 atom stereocenters. The molecule has 21 heavy (non-hydrogen) atoms. The van der Waals surface area contributed by atoms with E-state index >= 15 is 0 Å². The van der Waals surface area contributed by atoms with Crippen molar-refractivity contribution in [2.75, 3.05) is 30.3 Å². The second kappa shape index (κ2) is 6.91. The Morgan fingerprint density at radius 1 is 1.10 bits per heavy atom. The van der Waals surface area contributed by atoms with Gasteiger partial charge >= 0.3 is 6.01 Å². The summed E-state index contributed by atoms with van der Waals surface area (Å²) in [5.41, 5.74) is 0.449. The Bertz CT molecular complexity index is 437. The maximum absolute atomic E-state index is 5.54. The predicted octanol–water partition coefficient (Wildman–Crippen LogP) is 2.94. The third kappa shape index (κ3) is 4.72. The summed E-state index contributed by atoms with van der Waals surface area (Å²) in [6.45, 7) is 11.1. The topological polar surface area (TPSA) is 72.0 Å². The molecule has 0 spiro atoms. The van der Waals surface area contributed by atoms with Gasteiger partial charge < -0.3 is 15.4 Å². The molecular formula is C15H27N5O. The van der Waals surface area contributed by atoms with Crippen molar-refractivity contribution in [3.05, 3.63) is 0 Å². The largest absolute Gasteiger partial charge is 0.463 e. The van der Waals surface area contributed by atoms with Crippen LogP contribution < -0.4 is 15.4 Å². The predicted molar refractivity (Wildman–Crippen MR) is 84.8 cm³/mol. The first kappa shape index (κ1) is 15.8. The van der Waals surface area contributed by atoms with Crippen molar-refractivity contribution in [1.29, 1.82) is 0 Å². The van der Waals surface area contributed by atoms with Crippen LogP contribution in [0.25, 0.3) is 0 Å². The van der Waals surface area contributed by atoms with Crippen molar-refractivity contribution < 1.29 is 4.74 Å². The maximum atomic E-state index is 5.54. The highest BCUT2D eigenvalue weighted by atomic mass is 16.5. The van der Waals surface area contributed by atoms with Gasteiger partial charge in [0.1, 0.15) is 0 Å². The first-order chi connectivity index (χ1) is 10.0. The van der Waals surface area contributed by atoms with Gasteiger partial charge in [0.25, 0.3) is 0 Å². The van der Waals surface area contributed by atoms with Crippen LogP contribution in [0, 0.1) is 11.3 Å². The Labute approximate surface area is 127 Å². The van der Waals surface area contributed by atoms with Crippen molar-refractivity contribution in [3.8, 4) is 6.01 Å². The lowest BCUT2D eigenvalue weighted by Crippen LogP contribution is -2.14. The molecule has 1 fully saturated rings. The van der Waals surface area contributed by atoms with Gasteiger partial charge in [-0.3, -0.25) is 0 Å². The quantitative estimate of drug-likeness (QED) is 0.729. The lowest BCUT2D eigenvalue weighted by Gasteiger charge is -2.10. The highest BCUT2D eigenvalue weighted by Crippen LogP contribution is 2.51. The van der Waals surface area contributed by atoms with Crippen molar-refractivity contribution >= 4 is 11.9 Å². The van der Waals surface area contributed by atoms with E-state index in [1.165, 1.54) is 6.42 Å². The molecule has 0 amide bonds. The summed E-state index contributed by atoms with van der Waals surface area (Å²) in [6.07, 6.45) is 3.21. The number of anilines is 2. The van der Waals surface area contributed by atoms with E-state index in [4.69, 9.17) is 4.74 Å². The lowest BCUT2D eigenvalue weighted by atomic mass is 10.1. The van der Waals surface area contributed by atoms with Crippen LogP contribution >= 0.6 is 0 Å². The zero-order chi connectivity index (χ0) is 15.3. The molecule has 0 radical (unpaired) electrons. The van der Waals surface area contributed by atoms with E-state index < -0.39 is 0 Å². The molecule has 1 aromatic rings. The first-order valence-electron chi connectivity index (χ1n) is 7.91. The molecule has 0 saturated heterocycles. The van der Waals surface area contributed by atoms with Gasteiger partial charge in [-0.1, -0.05) is 27.7 Å². The van der Waals surface area contributed by atoms with Crippen LogP contribution in [0.3, 0.4) is 0 Å². The van der Waals surface area contributed by atoms with E-state index in [0.717, 1.165) is 25.9 Å². The molecule has 0 aliphatic heterocycles. The molecular weight excluding hydrogens is 266 g/mol. The zero-order valence-corrected chi connectivity index (χ0v) is 13.6. The highest BCUT2D eigenvalue weighted by molar-refractivity contribution is 5.36. The van der Waals surface area contributed by atoms with Crippen LogP contribution in [0.2, 0.25) is 0 Å². The van der Waals surface area contributed by atoms with E-state index in [1.807, 2.05) is 0 Å². The summed E-state index contributed by atoms with van der Waals surface area (Å²) in [6, 6.07) is 0.392. The van der Waals surface area contributed by atoms with E-state index in [9.17, 15) is 0 Å². The number of hydrogen-bond acceptors (Lipinski definition) is 6.